The third-order valence-corrected chi connectivity index (χ3v) is 17.0. The van der Waals surface area contributed by atoms with E-state index in [4.69, 9.17) is 4.74 Å². The molecule has 2 unspecified atom stereocenters. The van der Waals surface area contributed by atoms with Gasteiger partial charge in [0.15, 0.2) is 0 Å². The van der Waals surface area contributed by atoms with Gasteiger partial charge < -0.3 is 20.3 Å². The zero-order valence-electron chi connectivity index (χ0n) is 53.6. The Balaban J connectivity index is 3.34. The van der Waals surface area contributed by atoms with Crippen LogP contribution >= 0.6 is 0 Å². The van der Waals surface area contributed by atoms with Crippen LogP contribution in [0.5, 0.6) is 0 Å². The number of esters is 1. The average Bonchev–Trinajstić information content (AvgIpc) is 3.45. The smallest absolute Gasteiger partial charge is 0.305 e. The average molecular weight is 1110 g/mol. The first kappa shape index (κ1) is 77.3. The van der Waals surface area contributed by atoms with Gasteiger partial charge in [0.05, 0.1) is 25.4 Å². The molecule has 0 spiro atoms. The quantitative estimate of drug-likeness (QED) is 0.0320. The van der Waals surface area contributed by atoms with Gasteiger partial charge >= 0.3 is 5.97 Å². The van der Waals surface area contributed by atoms with Crippen molar-refractivity contribution in [1.82, 2.24) is 5.32 Å². The van der Waals surface area contributed by atoms with Crippen LogP contribution in [0, 0.1) is 0 Å². The third-order valence-electron chi connectivity index (χ3n) is 17.0. The second-order valence-electron chi connectivity index (χ2n) is 24.9. The first-order valence-electron chi connectivity index (χ1n) is 36.1. The summed E-state index contributed by atoms with van der Waals surface area (Å²) in [6.07, 6.45) is 87.0. The molecule has 0 bridgehead atoms. The molecule has 0 aromatic rings. The van der Waals surface area contributed by atoms with Gasteiger partial charge in [-0.2, -0.15) is 0 Å². The van der Waals surface area contributed by atoms with Crippen molar-refractivity contribution in [1.29, 1.82) is 0 Å². The summed E-state index contributed by atoms with van der Waals surface area (Å²) in [5, 5.41) is 23.1. The van der Waals surface area contributed by atoms with E-state index >= 15 is 0 Å². The number of nitrogens with one attached hydrogen (secondary N) is 1. The normalized spacial score (nSPS) is 12.6. The molecule has 0 aliphatic rings. The Morgan fingerprint density at radius 1 is 0.342 bits per heavy atom. The summed E-state index contributed by atoms with van der Waals surface area (Å²) in [5.41, 5.74) is 0. The molecule has 0 rings (SSSR count). The van der Waals surface area contributed by atoms with Gasteiger partial charge in [-0.1, -0.05) is 359 Å². The third kappa shape index (κ3) is 65.4. The molecule has 2 atom stereocenters. The number of unbranched alkanes of at least 4 members (excludes halogenated alkanes) is 55. The second kappa shape index (κ2) is 68.8. The lowest BCUT2D eigenvalue weighted by Gasteiger charge is -2.20. The number of amides is 1. The number of aliphatic hydroxyl groups excluding tert-OH is 2. The molecule has 0 radical (unpaired) electrons. The Bertz CT molecular complexity index is 1230. The Morgan fingerprint density at radius 2 is 0.595 bits per heavy atom. The Kier molecular flexibility index (Phi) is 67.4. The highest BCUT2D eigenvalue weighted by atomic mass is 16.5. The van der Waals surface area contributed by atoms with Crippen molar-refractivity contribution in [3.8, 4) is 0 Å². The molecule has 1 amide bonds. The zero-order valence-corrected chi connectivity index (χ0v) is 53.6. The van der Waals surface area contributed by atoms with E-state index in [0.717, 1.165) is 38.5 Å². The summed E-state index contributed by atoms with van der Waals surface area (Å²) >= 11 is 0. The van der Waals surface area contributed by atoms with Crippen LogP contribution in [-0.4, -0.2) is 47.4 Å². The summed E-state index contributed by atoms with van der Waals surface area (Å²) in [6.45, 7) is 4.94. The molecule has 79 heavy (non-hydrogen) atoms. The highest BCUT2D eigenvalue weighted by molar-refractivity contribution is 5.76. The highest BCUT2D eigenvalue weighted by Gasteiger charge is 2.18. The van der Waals surface area contributed by atoms with Crippen molar-refractivity contribution in [2.75, 3.05) is 13.2 Å². The SMILES string of the molecule is CCCCCCCCCCCCCC/C=C/C(O)C(CO)NC(=O)CCCCCCCCCCCCCCCCCCC/C=C\CCCCCCCCCCCCCCOC(=O)CCCCCCCCCCCCCCCCC. The molecule has 0 aromatic heterocycles. The van der Waals surface area contributed by atoms with Gasteiger partial charge in [0.1, 0.15) is 0 Å². The van der Waals surface area contributed by atoms with Gasteiger partial charge in [0.2, 0.25) is 5.91 Å². The summed E-state index contributed by atoms with van der Waals surface area (Å²) in [7, 11) is 0. The largest absolute Gasteiger partial charge is 0.466 e. The topological polar surface area (TPSA) is 95.9 Å². The monoisotopic (exact) mass is 1110 g/mol. The van der Waals surface area contributed by atoms with Crippen molar-refractivity contribution in [3.05, 3.63) is 24.3 Å². The summed E-state index contributed by atoms with van der Waals surface area (Å²) in [6, 6.07) is -0.625. The number of ether oxygens (including phenoxy) is 1. The van der Waals surface area contributed by atoms with E-state index in [1.807, 2.05) is 6.08 Å². The molecule has 0 saturated carbocycles. The number of hydrogen-bond donors (Lipinski definition) is 3. The molecular formula is C73H141NO5. The first-order valence-corrected chi connectivity index (χ1v) is 36.1. The molecule has 6 heteroatoms. The predicted octanol–water partition coefficient (Wildman–Crippen LogP) is 23.3. The fourth-order valence-electron chi connectivity index (χ4n) is 11.5. The van der Waals surface area contributed by atoms with Crippen LogP contribution in [0.3, 0.4) is 0 Å². The molecule has 0 fully saturated rings. The van der Waals surface area contributed by atoms with E-state index in [2.05, 4.69) is 31.3 Å². The van der Waals surface area contributed by atoms with Gasteiger partial charge in [-0.3, -0.25) is 9.59 Å². The lowest BCUT2D eigenvalue weighted by molar-refractivity contribution is -0.143. The molecule has 0 aromatic carbocycles. The molecule has 6 nitrogen and oxygen atoms in total. The van der Waals surface area contributed by atoms with E-state index in [9.17, 15) is 19.8 Å². The van der Waals surface area contributed by atoms with E-state index in [1.54, 1.807) is 6.08 Å². The van der Waals surface area contributed by atoms with Gasteiger partial charge in [0.25, 0.3) is 0 Å². The summed E-state index contributed by atoms with van der Waals surface area (Å²) in [4.78, 5) is 24.6. The van der Waals surface area contributed by atoms with Crippen LogP contribution in [0.4, 0.5) is 0 Å². The lowest BCUT2D eigenvalue weighted by Crippen LogP contribution is -2.45. The second-order valence-corrected chi connectivity index (χ2v) is 24.9. The van der Waals surface area contributed by atoms with Crippen molar-refractivity contribution >= 4 is 11.9 Å². The summed E-state index contributed by atoms with van der Waals surface area (Å²) in [5.74, 6) is -0.0407. The maximum Gasteiger partial charge on any atom is 0.305 e. The molecular weight excluding hydrogens is 971 g/mol. The van der Waals surface area contributed by atoms with Gasteiger partial charge in [-0.25, -0.2) is 0 Å². The van der Waals surface area contributed by atoms with Gasteiger partial charge in [-0.15, -0.1) is 0 Å². The molecule has 0 aliphatic carbocycles. The maximum atomic E-state index is 12.5. The summed E-state index contributed by atoms with van der Waals surface area (Å²) < 4.78 is 5.50. The Labute approximate surface area is 494 Å². The zero-order chi connectivity index (χ0) is 57.1. The molecule has 3 N–H and O–H groups in total. The number of hydrogen-bond acceptors (Lipinski definition) is 5. The Morgan fingerprint density at radius 3 is 0.899 bits per heavy atom. The predicted molar refractivity (Wildman–Crippen MR) is 347 cm³/mol. The molecule has 468 valence electrons. The molecule has 0 aliphatic heterocycles. The number of rotatable bonds is 68. The van der Waals surface area contributed by atoms with E-state index in [1.165, 1.54) is 340 Å². The fourth-order valence-corrected chi connectivity index (χ4v) is 11.5. The minimum Gasteiger partial charge on any atom is -0.466 e. The van der Waals surface area contributed by atoms with Crippen LogP contribution in [0.15, 0.2) is 24.3 Å². The highest BCUT2D eigenvalue weighted by Crippen LogP contribution is 2.19. The van der Waals surface area contributed by atoms with Crippen LogP contribution in [-0.2, 0) is 14.3 Å². The van der Waals surface area contributed by atoms with Crippen LogP contribution in [0.25, 0.3) is 0 Å². The van der Waals surface area contributed by atoms with E-state index in [-0.39, 0.29) is 18.5 Å². The van der Waals surface area contributed by atoms with Crippen LogP contribution in [0.1, 0.15) is 406 Å². The fraction of sp³-hybridized carbons (Fsp3) is 0.918. The van der Waals surface area contributed by atoms with Gasteiger partial charge in [0, 0.05) is 12.8 Å². The minimum absolute atomic E-state index is 0.0220. The number of allylic oxidation sites excluding steroid dienone is 3. The molecule has 0 saturated heterocycles. The lowest BCUT2D eigenvalue weighted by atomic mass is 10.0. The number of carbonyl (C=O) groups is 2. The van der Waals surface area contributed by atoms with Crippen LogP contribution in [0.2, 0.25) is 0 Å². The van der Waals surface area contributed by atoms with Crippen molar-refractivity contribution in [2.24, 2.45) is 0 Å². The van der Waals surface area contributed by atoms with Crippen LogP contribution < -0.4 is 5.32 Å². The van der Waals surface area contributed by atoms with E-state index in [0.29, 0.717) is 19.4 Å². The van der Waals surface area contributed by atoms with Crippen molar-refractivity contribution in [2.45, 2.75) is 418 Å². The first-order chi connectivity index (χ1) is 39.0. The molecule has 0 heterocycles. The number of aliphatic hydroxyl groups is 2. The van der Waals surface area contributed by atoms with Crippen molar-refractivity contribution < 1.29 is 24.5 Å². The maximum absolute atomic E-state index is 12.5. The standard InChI is InChI=1S/C73H141NO5/c1-3-5-7-9-11-13-15-17-38-43-47-51-55-59-63-67-73(78)79-68-64-60-56-52-48-44-40-37-35-33-31-29-27-25-23-21-19-20-22-24-26-28-30-32-34-36-39-42-46-50-54-58-62-66-72(77)74-70(69-75)71(76)65-61-57-53-49-45-41-18-16-14-12-10-8-6-4-2/h23,25,61,65,70-71,75-76H,3-22,24,26-60,62-64,66-69H2,1-2H3,(H,74,77)/b25-23-,65-61+. The van der Waals surface area contributed by atoms with Gasteiger partial charge in [-0.05, 0) is 57.8 Å². The minimum atomic E-state index is -0.841. The van der Waals surface area contributed by atoms with E-state index < -0.39 is 12.1 Å². The number of carbonyl (C=O) groups excluding carboxylic acids is 2. The van der Waals surface area contributed by atoms with Crippen molar-refractivity contribution in [3.63, 3.8) is 0 Å². The Hall–Kier alpha value is -1.66.